The summed E-state index contributed by atoms with van der Waals surface area (Å²) in [5, 5.41) is 2.75. The van der Waals surface area contributed by atoms with Crippen molar-refractivity contribution < 1.29 is 27.5 Å². The number of nitrogens with one attached hydrogen (secondary N) is 1. The van der Waals surface area contributed by atoms with Crippen LogP contribution in [-0.4, -0.2) is 63.7 Å². The van der Waals surface area contributed by atoms with E-state index >= 15 is 0 Å². The highest BCUT2D eigenvalue weighted by molar-refractivity contribution is 7.90. The molecule has 190 valence electrons. The van der Waals surface area contributed by atoms with Gasteiger partial charge in [-0.2, -0.15) is 0 Å². The van der Waals surface area contributed by atoms with Crippen molar-refractivity contribution in [3.8, 4) is 0 Å². The summed E-state index contributed by atoms with van der Waals surface area (Å²) in [5.74, 6) is -1.17. The van der Waals surface area contributed by atoms with Gasteiger partial charge >= 0.3 is 5.97 Å². The van der Waals surface area contributed by atoms with Crippen LogP contribution in [0.2, 0.25) is 0 Å². The van der Waals surface area contributed by atoms with Crippen molar-refractivity contribution in [3.63, 3.8) is 0 Å². The Kier molecular flexibility index (Phi) is 6.81. The Balaban J connectivity index is 1.52. The molecule has 0 bridgehead atoms. The van der Waals surface area contributed by atoms with E-state index in [2.05, 4.69) is 15.3 Å². The molecule has 36 heavy (non-hydrogen) atoms. The van der Waals surface area contributed by atoms with Crippen molar-refractivity contribution in [2.24, 2.45) is 0 Å². The maximum absolute atomic E-state index is 13.2. The van der Waals surface area contributed by atoms with E-state index in [4.69, 9.17) is 4.74 Å². The smallest absolute Gasteiger partial charge is 0.302 e. The Morgan fingerprint density at radius 1 is 1.14 bits per heavy atom. The van der Waals surface area contributed by atoms with Crippen LogP contribution in [-0.2, 0) is 35.7 Å². The van der Waals surface area contributed by atoms with Crippen molar-refractivity contribution in [2.75, 3.05) is 6.54 Å². The third-order valence-corrected chi connectivity index (χ3v) is 7.68. The number of aryl methyl sites for hydroxylation is 2. The number of carbonyl (C=O) groups excluding carboxylic acids is 3. The van der Waals surface area contributed by atoms with E-state index in [9.17, 15) is 22.8 Å². The summed E-state index contributed by atoms with van der Waals surface area (Å²) in [4.78, 5) is 46.4. The summed E-state index contributed by atoms with van der Waals surface area (Å²) in [6.45, 7) is 6.42. The molecule has 1 N–H and O–H groups in total. The average molecular weight is 514 g/mol. The SMILES string of the molecule is CC(=O)OC1CC(C(=O)NCc2cnc3c(n2)c(C)cn3S(=O)(=O)c2ccc(C)cc2)N(C(C)=O)C1. The molecule has 2 atom stereocenters. The summed E-state index contributed by atoms with van der Waals surface area (Å²) in [7, 11) is -3.87. The lowest BCUT2D eigenvalue weighted by Gasteiger charge is -2.21. The van der Waals surface area contributed by atoms with Crippen LogP contribution in [0.25, 0.3) is 11.2 Å². The number of carbonyl (C=O) groups is 3. The Labute approximate surface area is 208 Å². The Bertz CT molecular complexity index is 1450. The molecule has 0 aliphatic carbocycles. The zero-order chi connectivity index (χ0) is 26.2. The lowest BCUT2D eigenvalue weighted by atomic mass is 10.2. The molecule has 2 aromatic heterocycles. The number of hydrogen-bond acceptors (Lipinski definition) is 8. The Morgan fingerprint density at radius 2 is 1.83 bits per heavy atom. The molecule has 1 saturated heterocycles. The normalized spacial score (nSPS) is 17.8. The number of amides is 2. The summed E-state index contributed by atoms with van der Waals surface area (Å²) in [6, 6.07) is 5.77. The minimum Gasteiger partial charge on any atom is -0.461 e. The highest BCUT2D eigenvalue weighted by Gasteiger charge is 2.39. The van der Waals surface area contributed by atoms with Crippen LogP contribution in [0.4, 0.5) is 0 Å². The maximum Gasteiger partial charge on any atom is 0.302 e. The van der Waals surface area contributed by atoms with E-state index in [1.807, 2.05) is 6.92 Å². The van der Waals surface area contributed by atoms with Gasteiger partial charge in [-0.3, -0.25) is 14.4 Å². The van der Waals surface area contributed by atoms with Gasteiger partial charge in [-0.25, -0.2) is 22.4 Å². The van der Waals surface area contributed by atoms with E-state index < -0.39 is 34.0 Å². The molecule has 2 unspecified atom stereocenters. The van der Waals surface area contributed by atoms with Gasteiger partial charge in [0.05, 0.1) is 29.9 Å². The largest absolute Gasteiger partial charge is 0.461 e. The molecular formula is C24H27N5O6S. The lowest BCUT2D eigenvalue weighted by molar-refractivity contribution is -0.146. The van der Waals surface area contributed by atoms with Crippen LogP contribution in [0.5, 0.6) is 0 Å². The van der Waals surface area contributed by atoms with Crippen LogP contribution in [0.1, 0.15) is 37.1 Å². The zero-order valence-corrected chi connectivity index (χ0v) is 21.2. The number of rotatable bonds is 6. The summed E-state index contributed by atoms with van der Waals surface area (Å²) in [5.41, 5.74) is 2.57. The molecule has 0 radical (unpaired) electrons. The van der Waals surface area contributed by atoms with Gasteiger partial charge in [-0.15, -0.1) is 0 Å². The van der Waals surface area contributed by atoms with Gasteiger partial charge < -0.3 is 15.0 Å². The number of benzene rings is 1. The fraction of sp³-hybridized carbons (Fsp3) is 0.375. The van der Waals surface area contributed by atoms with Gasteiger partial charge in [0.15, 0.2) is 5.65 Å². The molecule has 1 aromatic carbocycles. The predicted octanol–water partition coefficient (Wildman–Crippen LogP) is 1.45. The average Bonchev–Trinajstić information content (AvgIpc) is 3.39. The number of fused-ring (bicyclic) bond motifs is 1. The quantitative estimate of drug-likeness (QED) is 0.489. The Hall–Kier alpha value is -3.80. The molecule has 0 spiro atoms. The first kappa shape index (κ1) is 25.3. The second-order valence-electron chi connectivity index (χ2n) is 8.83. The van der Waals surface area contributed by atoms with Crippen LogP contribution < -0.4 is 5.32 Å². The third kappa shape index (κ3) is 4.94. The van der Waals surface area contributed by atoms with E-state index in [-0.39, 0.29) is 36.0 Å². The first-order valence-electron chi connectivity index (χ1n) is 11.4. The minimum atomic E-state index is -3.87. The minimum absolute atomic E-state index is 0.0254. The van der Waals surface area contributed by atoms with Gasteiger partial charge in [-0.1, -0.05) is 17.7 Å². The number of likely N-dealkylation sites (tertiary alicyclic amines) is 1. The summed E-state index contributed by atoms with van der Waals surface area (Å²) >= 11 is 0. The zero-order valence-electron chi connectivity index (χ0n) is 20.4. The molecular weight excluding hydrogens is 486 g/mol. The first-order valence-corrected chi connectivity index (χ1v) is 12.8. The molecule has 1 fully saturated rings. The van der Waals surface area contributed by atoms with Crippen molar-refractivity contribution in [1.82, 2.24) is 24.2 Å². The predicted molar refractivity (Wildman–Crippen MR) is 129 cm³/mol. The van der Waals surface area contributed by atoms with Crippen LogP contribution in [0.15, 0.2) is 41.6 Å². The van der Waals surface area contributed by atoms with E-state index in [0.717, 1.165) is 9.54 Å². The molecule has 3 heterocycles. The van der Waals surface area contributed by atoms with Crippen LogP contribution in [0.3, 0.4) is 0 Å². The van der Waals surface area contributed by atoms with Crippen molar-refractivity contribution in [3.05, 3.63) is 53.5 Å². The second-order valence-corrected chi connectivity index (χ2v) is 10.6. The highest BCUT2D eigenvalue weighted by atomic mass is 32.2. The Morgan fingerprint density at radius 3 is 2.47 bits per heavy atom. The molecule has 2 amide bonds. The van der Waals surface area contributed by atoms with Gasteiger partial charge in [0.1, 0.15) is 17.7 Å². The van der Waals surface area contributed by atoms with Gasteiger partial charge in [0.25, 0.3) is 10.0 Å². The number of aromatic nitrogens is 3. The third-order valence-electron chi connectivity index (χ3n) is 6.02. The van der Waals surface area contributed by atoms with E-state index in [1.165, 1.54) is 31.1 Å². The fourth-order valence-electron chi connectivity index (χ4n) is 4.25. The molecule has 1 aliphatic heterocycles. The molecule has 1 aliphatic rings. The van der Waals surface area contributed by atoms with Crippen molar-refractivity contribution in [2.45, 2.75) is 57.7 Å². The van der Waals surface area contributed by atoms with Gasteiger partial charge in [-0.05, 0) is 31.5 Å². The summed E-state index contributed by atoms with van der Waals surface area (Å²) < 4.78 is 32.6. The van der Waals surface area contributed by atoms with Gasteiger partial charge in [0.2, 0.25) is 11.8 Å². The highest BCUT2D eigenvalue weighted by Crippen LogP contribution is 2.24. The van der Waals surface area contributed by atoms with Crippen molar-refractivity contribution in [1.29, 1.82) is 0 Å². The standard InChI is InChI=1S/C24H27N5O6S/c1-14-5-7-20(8-6-14)36(33,34)29-12-15(2)22-23(29)25-10-18(27-22)11-26-24(32)21-9-19(35-17(4)31)13-28(21)16(3)30/h5-8,10,12,19,21H,9,11,13H2,1-4H3,(H,26,32). The second kappa shape index (κ2) is 9.69. The van der Waals surface area contributed by atoms with E-state index in [1.54, 1.807) is 31.2 Å². The maximum atomic E-state index is 13.2. The van der Waals surface area contributed by atoms with Crippen LogP contribution >= 0.6 is 0 Å². The van der Waals surface area contributed by atoms with Crippen LogP contribution in [0, 0.1) is 13.8 Å². The van der Waals surface area contributed by atoms with Gasteiger partial charge in [0, 0.05) is 26.5 Å². The molecule has 0 saturated carbocycles. The lowest BCUT2D eigenvalue weighted by Crippen LogP contribution is -2.45. The molecule has 12 heteroatoms. The molecule has 3 aromatic rings. The molecule has 11 nitrogen and oxygen atoms in total. The van der Waals surface area contributed by atoms with E-state index in [0.29, 0.717) is 16.8 Å². The van der Waals surface area contributed by atoms with Crippen molar-refractivity contribution >= 4 is 39.0 Å². The number of nitrogens with zero attached hydrogens (tertiary/aromatic N) is 4. The number of ether oxygens (including phenoxy) is 1. The number of esters is 1. The first-order chi connectivity index (χ1) is 17.0. The molecule has 4 rings (SSSR count). The number of hydrogen-bond donors (Lipinski definition) is 1. The fourth-order valence-corrected chi connectivity index (χ4v) is 5.61. The summed E-state index contributed by atoms with van der Waals surface area (Å²) in [6.07, 6.45) is 2.54. The monoisotopic (exact) mass is 513 g/mol. The topological polar surface area (TPSA) is 141 Å².